The lowest BCUT2D eigenvalue weighted by Gasteiger charge is -2.21. The zero-order valence-corrected chi connectivity index (χ0v) is 28.5. The van der Waals surface area contributed by atoms with Crippen LogP contribution in [0.3, 0.4) is 0 Å². The minimum atomic E-state index is -0.822. The van der Waals surface area contributed by atoms with E-state index in [0.717, 1.165) is 25.7 Å². The molecule has 0 aliphatic carbocycles. The first-order valence-corrected chi connectivity index (χ1v) is 18.0. The van der Waals surface area contributed by atoms with Crippen LogP contribution in [0.1, 0.15) is 104 Å². The van der Waals surface area contributed by atoms with Crippen LogP contribution in [0.4, 0.5) is 0 Å². The van der Waals surface area contributed by atoms with Crippen LogP contribution < -0.4 is 0 Å². The van der Waals surface area contributed by atoms with Gasteiger partial charge in [-0.25, -0.2) is 0 Å². The second kappa shape index (κ2) is 28.9. The fraction of sp³-hybridized carbons (Fsp3) is 0.871. The van der Waals surface area contributed by atoms with Gasteiger partial charge in [-0.1, -0.05) is 13.8 Å². The number of methoxy groups -OCH3 is 1. The van der Waals surface area contributed by atoms with Crippen molar-refractivity contribution in [2.75, 3.05) is 45.0 Å². The molecule has 0 aromatic carbocycles. The van der Waals surface area contributed by atoms with Gasteiger partial charge in [-0.15, -0.1) is 0 Å². The van der Waals surface area contributed by atoms with Crippen molar-refractivity contribution in [3.63, 3.8) is 0 Å². The summed E-state index contributed by atoms with van der Waals surface area (Å²) in [6, 6.07) is 0. The van der Waals surface area contributed by atoms with E-state index in [1.54, 1.807) is 30.6 Å². The molecular formula is C31H56O11S2. The SMILES string of the molecule is CCC(CCC(O)CCCC(=O)OC(CCCC(=O)OCCOCCOC)CCC(CC)SCCC(=O)O)SCCC(=O)O. The van der Waals surface area contributed by atoms with Gasteiger partial charge in [-0.3, -0.25) is 19.2 Å². The summed E-state index contributed by atoms with van der Waals surface area (Å²) in [4.78, 5) is 46.4. The Bertz CT molecular complexity index is 769. The van der Waals surface area contributed by atoms with Crippen LogP contribution in [-0.2, 0) is 38.1 Å². The van der Waals surface area contributed by atoms with Gasteiger partial charge in [0.05, 0.1) is 38.8 Å². The van der Waals surface area contributed by atoms with Crippen LogP contribution in [-0.4, -0.2) is 107 Å². The van der Waals surface area contributed by atoms with Gasteiger partial charge >= 0.3 is 23.9 Å². The van der Waals surface area contributed by atoms with Crippen LogP contribution in [0, 0.1) is 0 Å². The molecule has 3 N–H and O–H groups in total. The Kier molecular flexibility index (Phi) is 27.9. The van der Waals surface area contributed by atoms with Gasteiger partial charge in [0.25, 0.3) is 0 Å². The molecule has 11 nitrogen and oxygen atoms in total. The Balaban J connectivity index is 4.65. The van der Waals surface area contributed by atoms with Gasteiger partial charge in [-0.2, -0.15) is 23.5 Å². The van der Waals surface area contributed by atoms with Gasteiger partial charge < -0.3 is 34.3 Å². The number of rotatable bonds is 31. The molecule has 0 saturated carbocycles. The third-order valence-corrected chi connectivity index (χ3v) is 9.89. The molecule has 0 saturated heterocycles. The van der Waals surface area contributed by atoms with Crippen molar-refractivity contribution in [3.8, 4) is 0 Å². The maximum absolute atomic E-state index is 12.7. The number of aliphatic hydroxyl groups excluding tert-OH is 1. The van der Waals surface area contributed by atoms with Crippen molar-refractivity contribution >= 4 is 47.4 Å². The van der Waals surface area contributed by atoms with E-state index in [-0.39, 0.29) is 55.6 Å². The molecule has 0 aliphatic rings. The third kappa shape index (κ3) is 26.8. The summed E-state index contributed by atoms with van der Waals surface area (Å²) in [5, 5.41) is 28.7. The van der Waals surface area contributed by atoms with Crippen LogP contribution in [0.5, 0.6) is 0 Å². The minimum absolute atomic E-state index is 0.105. The molecule has 0 amide bonds. The zero-order chi connectivity index (χ0) is 33.0. The Morgan fingerprint density at radius 3 is 1.77 bits per heavy atom. The summed E-state index contributed by atoms with van der Waals surface area (Å²) in [5.74, 6) is -1.21. The highest BCUT2D eigenvalue weighted by Gasteiger charge is 2.19. The van der Waals surface area contributed by atoms with Crippen molar-refractivity contribution in [1.29, 1.82) is 0 Å². The van der Waals surface area contributed by atoms with E-state index in [1.165, 1.54) is 0 Å². The second-order valence-corrected chi connectivity index (χ2v) is 13.4. The predicted molar refractivity (Wildman–Crippen MR) is 173 cm³/mol. The van der Waals surface area contributed by atoms with Crippen molar-refractivity contribution < 1.29 is 53.4 Å². The fourth-order valence-corrected chi connectivity index (χ4v) is 6.65. The molecule has 44 heavy (non-hydrogen) atoms. The van der Waals surface area contributed by atoms with Crippen molar-refractivity contribution in [2.24, 2.45) is 0 Å². The maximum atomic E-state index is 12.7. The van der Waals surface area contributed by atoms with Crippen LogP contribution in [0.2, 0.25) is 0 Å². The minimum Gasteiger partial charge on any atom is -0.481 e. The number of carboxylic acids is 2. The molecule has 13 heteroatoms. The first-order chi connectivity index (χ1) is 21.1. The quantitative estimate of drug-likeness (QED) is 0.0641. The summed E-state index contributed by atoms with van der Waals surface area (Å²) in [5.41, 5.74) is 0. The topological polar surface area (TPSA) is 166 Å². The third-order valence-electron chi connectivity index (χ3n) is 6.93. The summed E-state index contributed by atoms with van der Waals surface area (Å²) in [7, 11) is 1.58. The largest absolute Gasteiger partial charge is 0.481 e. The number of hydrogen-bond donors (Lipinski definition) is 3. The number of thioether (sulfide) groups is 2. The molecule has 0 aliphatic heterocycles. The number of carboxylic acid groups (broad SMARTS) is 2. The molecule has 258 valence electrons. The van der Waals surface area contributed by atoms with E-state index in [4.69, 9.17) is 29.2 Å². The normalized spacial score (nSPS) is 14.0. The van der Waals surface area contributed by atoms with E-state index in [2.05, 4.69) is 13.8 Å². The van der Waals surface area contributed by atoms with E-state index < -0.39 is 18.0 Å². The molecule has 4 unspecified atom stereocenters. The van der Waals surface area contributed by atoms with E-state index >= 15 is 0 Å². The van der Waals surface area contributed by atoms with Gasteiger partial charge in [0.1, 0.15) is 12.7 Å². The Hall–Kier alpha value is -1.54. The number of aliphatic carboxylic acids is 2. The van der Waals surface area contributed by atoms with E-state index in [9.17, 15) is 24.3 Å². The van der Waals surface area contributed by atoms with Crippen molar-refractivity contribution in [1.82, 2.24) is 0 Å². The molecule has 4 atom stereocenters. The monoisotopic (exact) mass is 668 g/mol. The second-order valence-electron chi connectivity index (χ2n) is 10.6. The van der Waals surface area contributed by atoms with Gasteiger partial charge in [0, 0.05) is 42.0 Å². The van der Waals surface area contributed by atoms with Crippen LogP contribution in [0.15, 0.2) is 0 Å². The lowest BCUT2D eigenvalue weighted by atomic mass is 10.0. The highest BCUT2D eigenvalue weighted by Crippen LogP contribution is 2.25. The first kappa shape index (κ1) is 42.5. The first-order valence-electron chi connectivity index (χ1n) is 15.9. The average molecular weight is 669 g/mol. The van der Waals surface area contributed by atoms with E-state index in [0.29, 0.717) is 75.1 Å². The summed E-state index contributed by atoms with van der Waals surface area (Å²) < 4.78 is 21.2. The van der Waals surface area contributed by atoms with Gasteiger partial charge in [0.2, 0.25) is 0 Å². The highest BCUT2D eigenvalue weighted by atomic mass is 32.2. The number of ether oxygens (including phenoxy) is 4. The molecular weight excluding hydrogens is 612 g/mol. The molecule has 0 spiro atoms. The molecule has 0 bridgehead atoms. The number of hydrogen-bond acceptors (Lipinski definition) is 11. The fourth-order valence-electron chi connectivity index (χ4n) is 4.32. The lowest BCUT2D eigenvalue weighted by molar-refractivity contribution is -0.150. The number of aliphatic hydroxyl groups is 1. The predicted octanol–water partition coefficient (Wildman–Crippen LogP) is 5.34. The number of carbonyl (C=O) groups excluding carboxylic acids is 2. The average Bonchev–Trinajstić information content (AvgIpc) is 2.97. The highest BCUT2D eigenvalue weighted by molar-refractivity contribution is 8.00. The molecule has 0 fully saturated rings. The summed E-state index contributed by atoms with van der Waals surface area (Å²) in [6.45, 7) is 5.48. The number of carbonyl (C=O) groups is 4. The Morgan fingerprint density at radius 2 is 1.20 bits per heavy atom. The molecule has 0 heterocycles. The van der Waals surface area contributed by atoms with Gasteiger partial charge in [-0.05, 0) is 64.2 Å². The number of esters is 2. The summed E-state index contributed by atoms with van der Waals surface area (Å²) >= 11 is 3.24. The Labute approximate surface area is 271 Å². The van der Waals surface area contributed by atoms with E-state index in [1.807, 2.05) is 0 Å². The molecule has 0 aromatic heterocycles. The lowest BCUT2D eigenvalue weighted by Crippen LogP contribution is -2.21. The zero-order valence-electron chi connectivity index (χ0n) is 26.9. The molecule has 0 rings (SSSR count). The molecule has 0 aromatic rings. The smallest absolute Gasteiger partial charge is 0.306 e. The van der Waals surface area contributed by atoms with Crippen LogP contribution >= 0.6 is 23.5 Å². The van der Waals surface area contributed by atoms with Gasteiger partial charge in [0.15, 0.2) is 0 Å². The van der Waals surface area contributed by atoms with Crippen LogP contribution in [0.25, 0.3) is 0 Å². The molecule has 0 radical (unpaired) electrons. The Morgan fingerprint density at radius 1 is 0.659 bits per heavy atom. The maximum Gasteiger partial charge on any atom is 0.306 e. The van der Waals surface area contributed by atoms with Crippen molar-refractivity contribution in [2.45, 2.75) is 126 Å². The summed E-state index contributed by atoms with van der Waals surface area (Å²) in [6.07, 6.45) is 6.29. The standard InChI is InChI=1S/C31H56O11S2/c1-4-26(43-22-16-28(33)34)14-12-24(32)8-6-11-31(38)42-25(13-15-27(5-2)44-23-17-29(35)36)9-7-10-30(37)41-21-20-40-19-18-39-3/h24-27,32H,4-23H2,1-3H3,(H,33,34)(H,35,36). The van der Waals surface area contributed by atoms with Crippen molar-refractivity contribution in [3.05, 3.63) is 0 Å².